The summed E-state index contributed by atoms with van der Waals surface area (Å²) in [6.45, 7) is 4.75. The predicted molar refractivity (Wildman–Crippen MR) is 59.8 cm³/mol. The summed E-state index contributed by atoms with van der Waals surface area (Å²) in [5.41, 5.74) is 2.37. The number of hydrogen-bond acceptors (Lipinski definition) is 1. The molecule has 0 unspecified atom stereocenters. The molecule has 90 valence electrons. The van der Waals surface area contributed by atoms with Crippen molar-refractivity contribution in [1.29, 1.82) is 0 Å². The summed E-state index contributed by atoms with van der Waals surface area (Å²) in [5, 5.41) is 2.48. The van der Waals surface area contributed by atoms with Crippen LogP contribution in [0, 0.1) is 6.92 Å². The molecule has 0 aromatic heterocycles. The molecule has 4 heteroatoms. The summed E-state index contributed by atoms with van der Waals surface area (Å²) in [6.07, 6.45) is -4.18. The zero-order valence-electron chi connectivity index (χ0n) is 9.65. The van der Waals surface area contributed by atoms with Crippen LogP contribution in [0.25, 0.3) is 0 Å². The fourth-order valence-corrected chi connectivity index (χ4v) is 1.60. The highest BCUT2D eigenvalue weighted by Gasteiger charge is 2.27. The molecule has 0 saturated carbocycles. The minimum absolute atomic E-state index is 0.204. The van der Waals surface area contributed by atoms with Gasteiger partial charge in [0.25, 0.3) is 0 Å². The van der Waals surface area contributed by atoms with Crippen molar-refractivity contribution in [2.75, 3.05) is 11.9 Å². The highest BCUT2D eigenvalue weighted by atomic mass is 19.4. The number of hydrogen-bond donors (Lipinski definition) is 1. The van der Waals surface area contributed by atoms with Gasteiger partial charge in [-0.05, 0) is 24.0 Å². The third-order valence-electron chi connectivity index (χ3n) is 2.39. The Hall–Kier alpha value is -1.19. The van der Waals surface area contributed by atoms with Gasteiger partial charge in [0.15, 0.2) is 0 Å². The molecule has 0 aliphatic rings. The van der Waals surface area contributed by atoms with E-state index < -0.39 is 12.7 Å². The minimum atomic E-state index is -4.18. The number of benzene rings is 1. The lowest BCUT2D eigenvalue weighted by molar-refractivity contribution is -0.115. The summed E-state index contributed by atoms with van der Waals surface area (Å²) in [5.74, 6) is 0.204. The van der Waals surface area contributed by atoms with E-state index in [0.29, 0.717) is 5.69 Å². The third-order valence-corrected chi connectivity index (χ3v) is 2.39. The Morgan fingerprint density at radius 1 is 1.25 bits per heavy atom. The standard InChI is InChI=1S/C12H16F3N/c1-8(2)10-6-4-5-9(3)11(10)16-7-12(13,14)15/h4-6,8,16H,7H2,1-3H3. The van der Waals surface area contributed by atoms with E-state index in [-0.39, 0.29) is 5.92 Å². The number of halogens is 3. The van der Waals surface area contributed by atoms with Crippen LogP contribution in [-0.2, 0) is 0 Å². The first kappa shape index (κ1) is 12.9. The van der Waals surface area contributed by atoms with Gasteiger partial charge >= 0.3 is 6.18 Å². The Bertz CT molecular complexity index is 356. The van der Waals surface area contributed by atoms with Crippen molar-refractivity contribution in [1.82, 2.24) is 0 Å². The zero-order chi connectivity index (χ0) is 12.3. The van der Waals surface area contributed by atoms with E-state index in [0.717, 1.165) is 11.1 Å². The van der Waals surface area contributed by atoms with Gasteiger partial charge in [0.1, 0.15) is 6.54 Å². The second kappa shape index (κ2) is 4.76. The number of anilines is 1. The Balaban J connectivity index is 2.93. The summed E-state index contributed by atoms with van der Waals surface area (Å²) < 4.78 is 36.4. The maximum absolute atomic E-state index is 12.1. The van der Waals surface area contributed by atoms with Gasteiger partial charge in [0.2, 0.25) is 0 Å². The van der Waals surface area contributed by atoms with Gasteiger partial charge in [0.05, 0.1) is 0 Å². The topological polar surface area (TPSA) is 12.0 Å². The van der Waals surface area contributed by atoms with Crippen molar-refractivity contribution in [2.24, 2.45) is 0 Å². The quantitative estimate of drug-likeness (QED) is 0.826. The first-order valence-corrected chi connectivity index (χ1v) is 5.21. The molecule has 0 fully saturated rings. The smallest absolute Gasteiger partial charge is 0.376 e. The lowest BCUT2D eigenvalue weighted by Crippen LogP contribution is -2.22. The van der Waals surface area contributed by atoms with Gasteiger partial charge < -0.3 is 5.32 Å². The van der Waals surface area contributed by atoms with Crippen molar-refractivity contribution in [2.45, 2.75) is 32.9 Å². The van der Waals surface area contributed by atoms with Crippen LogP contribution in [-0.4, -0.2) is 12.7 Å². The maximum atomic E-state index is 12.1. The fraction of sp³-hybridized carbons (Fsp3) is 0.500. The molecule has 0 atom stereocenters. The lowest BCUT2D eigenvalue weighted by Gasteiger charge is -2.18. The first-order valence-electron chi connectivity index (χ1n) is 5.21. The van der Waals surface area contributed by atoms with Crippen LogP contribution in [0.3, 0.4) is 0 Å². The molecule has 0 saturated heterocycles. The fourth-order valence-electron chi connectivity index (χ4n) is 1.60. The van der Waals surface area contributed by atoms with Crippen molar-refractivity contribution in [3.8, 4) is 0 Å². The van der Waals surface area contributed by atoms with Gasteiger partial charge in [-0.1, -0.05) is 32.0 Å². The molecule has 16 heavy (non-hydrogen) atoms. The van der Waals surface area contributed by atoms with Crippen LogP contribution in [0.2, 0.25) is 0 Å². The highest BCUT2D eigenvalue weighted by Crippen LogP contribution is 2.28. The second-order valence-corrected chi connectivity index (χ2v) is 4.16. The van der Waals surface area contributed by atoms with Crippen molar-refractivity contribution >= 4 is 5.69 Å². The van der Waals surface area contributed by atoms with E-state index in [4.69, 9.17) is 0 Å². The average molecular weight is 231 g/mol. The SMILES string of the molecule is Cc1cccc(C(C)C)c1NCC(F)(F)F. The van der Waals surface area contributed by atoms with Crippen LogP contribution >= 0.6 is 0 Å². The first-order chi connectivity index (χ1) is 7.31. The molecule has 0 spiro atoms. The monoisotopic (exact) mass is 231 g/mol. The maximum Gasteiger partial charge on any atom is 0.405 e. The summed E-state index contributed by atoms with van der Waals surface area (Å²) >= 11 is 0. The third kappa shape index (κ3) is 3.43. The van der Waals surface area contributed by atoms with Gasteiger partial charge in [-0.25, -0.2) is 0 Å². The zero-order valence-corrected chi connectivity index (χ0v) is 9.65. The Morgan fingerprint density at radius 2 is 1.88 bits per heavy atom. The van der Waals surface area contributed by atoms with Crippen molar-refractivity contribution in [3.05, 3.63) is 29.3 Å². The van der Waals surface area contributed by atoms with E-state index in [1.807, 2.05) is 39.0 Å². The molecule has 1 aromatic carbocycles. The van der Waals surface area contributed by atoms with Crippen LogP contribution in [0.15, 0.2) is 18.2 Å². The number of rotatable bonds is 3. The van der Waals surface area contributed by atoms with Crippen molar-refractivity contribution < 1.29 is 13.2 Å². The molecule has 0 aliphatic carbocycles. The van der Waals surface area contributed by atoms with Crippen LogP contribution in [0.4, 0.5) is 18.9 Å². The molecule has 1 nitrogen and oxygen atoms in total. The predicted octanol–water partition coefficient (Wildman–Crippen LogP) is 4.09. The van der Waals surface area contributed by atoms with E-state index in [1.165, 1.54) is 0 Å². The van der Waals surface area contributed by atoms with Crippen LogP contribution in [0.1, 0.15) is 30.9 Å². The Labute approximate surface area is 93.7 Å². The molecule has 0 amide bonds. The van der Waals surface area contributed by atoms with Gasteiger partial charge in [-0.2, -0.15) is 13.2 Å². The molecule has 0 bridgehead atoms. The van der Waals surface area contributed by atoms with E-state index >= 15 is 0 Å². The van der Waals surface area contributed by atoms with E-state index in [2.05, 4.69) is 5.32 Å². The molecular formula is C12H16F3N. The number of para-hydroxylation sites is 1. The molecule has 0 aliphatic heterocycles. The summed E-state index contributed by atoms with van der Waals surface area (Å²) in [7, 11) is 0. The van der Waals surface area contributed by atoms with Gasteiger partial charge in [-0.15, -0.1) is 0 Å². The molecule has 1 aromatic rings. The molecular weight excluding hydrogens is 215 g/mol. The van der Waals surface area contributed by atoms with Gasteiger partial charge in [0, 0.05) is 5.69 Å². The highest BCUT2D eigenvalue weighted by molar-refractivity contribution is 5.58. The van der Waals surface area contributed by atoms with Crippen LogP contribution in [0.5, 0.6) is 0 Å². The van der Waals surface area contributed by atoms with Crippen LogP contribution < -0.4 is 5.32 Å². The number of aryl methyl sites for hydroxylation is 1. The van der Waals surface area contributed by atoms with E-state index in [1.54, 1.807) is 0 Å². The van der Waals surface area contributed by atoms with Gasteiger partial charge in [-0.3, -0.25) is 0 Å². The second-order valence-electron chi connectivity index (χ2n) is 4.16. The minimum Gasteiger partial charge on any atom is -0.376 e. The molecule has 1 rings (SSSR count). The molecule has 0 heterocycles. The largest absolute Gasteiger partial charge is 0.405 e. The lowest BCUT2D eigenvalue weighted by atomic mass is 9.98. The Kier molecular flexibility index (Phi) is 3.83. The molecule has 1 N–H and O–H groups in total. The number of nitrogens with one attached hydrogen (secondary N) is 1. The summed E-state index contributed by atoms with van der Waals surface area (Å²) in [4.78, 5) is 0. The summed E-state index contributed by atoms with van der Waals surface area (Å²) in [6, 6.07) is 5.53. The molecule has 0 radical (unpaired) electrons. The normalized spacial score (nSPS) is 11.9. The Morgan fingerprint density at radius 3 is 2.38 bits per heavy atom. The van der Waals surface area contributed by atoms with E-state index in [9.17, 15) is 13.2 Å². The average Bonchev–Trinajstić information content (AvgIpc) is 2.13. The van der Waals surface area contributed by atoms with Crippen molar-refractivity contribution in [3.63, 3.8) is 0 Å². The number of alkyl halides is 3.